The van der Waals surface area contributed by atoms with Crippen LogP contribution in [0.15, 0.2) is 41.3 Å². The van der Waals surface area contributed by atoms with E-state index in [0.717, 1.165) is 11.1 Å². The largest absolute Gasteiger partial charge is 0.279 e. The summed E-state index contributed by atoms with van der Waals surface area (Å²) in [4.78, 5) is 0.200. The van der Waals surface area contributed by atoms with Crippen molar-refractivity contribution in [2.75, 3.05) is 4.72 Å². The second kappa shape index (κ2) is 5.46. The molecule has 2 aromatic carbocycles. The van der Waals surface area contributed by atoms with E-state index in [1.54, 1.807) is 19.1 Å². The van der Waals surface area contributed by atoms with Gasteiger partial charge in [-0.2, -0.15) is 0 Å². The van der Waals surface area contributed by atoms with Crippen molar-refractivity contribution in [1.29, 1.82) is 0 Å². The van der Waals surface area contributed by atoms with Crippen LogP contribution in [-0.2, 0) is 10.0 Å². The van der Waals surface area contributed by atoms with Crippen LogP contribution in [0.1, 0.15) is 16.7 Å². The van der Waals surface area contributed by atoms with Gasteiger partial charge in [-0.1, -0.05) is 29.8 Å². The van der Waals surface area contributed by atoms with E-state index in [1.165, 1.54) is 6.07 Å². The van der Waals surface area contributed by atoms with Crippen LogP contribution >= 0.6 is 11.6 Å². The third-order valence-electron chi connectivity index (χ3n) is 3.08. The Morgan fingerprint density at radius 3 is 2.30 bits per heavy atom. The fourth-order valence-electron chi connectivity index (χ4n) is 1.91. The Labute approximate surface area is 124 Å². The monoisotopic (exact) mass is 309 g/mol. The highest BCUT2D eigenvalue weighted by atomic mass is 35.5. The molecule has 5 heteroatoms. The van der Waals surface area contributed by atoms with E-state index in [9.17, 15) is 8.42 Å². The van der Waals surface area contributed by atoms with E-state index in [4.69, 9.17) is 11.6 Å². The van der Waals surface area contributed by atoms with Crippen LogP contribution in [0.3, 0.4) is 0 Å². The Morgan fingerprint density at radius 1 is 0.950 bits per heavy atom. The predicted octanol–water partition coefficient (Wildman–Crippen LogP) is 4.07. The van der Waals surface area contributed by atoms with Crippen molar-refractivity contribution in [1.82, 2.24) is 0 Å². The highest BCUT2D eigenvalue weighted by Gasteiger charge is 2.18. The highest BCUT2D eigenvalue weighted by molar-refractivity contribution is 7.92. The van der Waals surface area contributed by atoms with Crippen LogP contribution in [0.25, 0.3) is 0 Å². The molecule has 0 amide bonds. The molecule has 20 heavy (non-hydrogen) atoms. The van der Waals surface area contributed by atoms with Crippen LogP contribution in [0.5, 0.6) is 0 Å². The maximum Gasteiger partial charge on any atom is 0.262 e. The van der Waals surface area contributed by atoms with Gasteiger partial charge in [-0.05, 0) is 55.7 Å². The maximum absolute atomic E-state index is 12.5. The zero-order valence-electron chi connectivity index (χ0n) is 11.6. The molecule has 3 nitrogen and oxygen atoms in total. The Morgan fingerprint density at radius 2 is 1.60 bits per heavy atom. The number of halogens is 1. The van der Waals surface area contributed by atoms with Crippen molar-refractivity contribution in [3.05, 3.63) is 58.1 Å². The molecular weight excluding hydrogens is 294 g/mol. The molecule has 0 heterocycles. The van der Waals surface area contributed by atoms with E-state index in [-0.39, 0.29) is 4.90 Å². The average Bonchev–Trinajstić information content (AvgIpc) is 2.36. The molecule has 0 spiro atoms. The molecule has 0 bridgehead atoms. The molecule has 0 unspecified atom stereocenters. The van der Waals surface area contributed by atoms with Gasteiger partial charge in [-0.3, -0.25) is 4.72 Å². The standard InChI is InChI=1S/C15H16ClNO2S/c1-10-4-5-11(2)14(8-10)17-20(18,19)15-9-13(16)7-6-12(15)3/h4-9,17H,1-3H3. The molecular formula is C15H16ClNO2S. The number of benzene rings is 2. The molecule has 0 fully saturated rings. The number of sulfonamides is 1. The summed E-state index contributed by atoms with van der Waals surface area (Å²) in [6, 6.07) is 10.5. The number of aryl methyl sites for hydroxylation is 3. The number of hydrogen-bond donors (Lipinski definition) is 1. The number of rotatable bonds is 3. The van der Waals surface area contributed by atoms with Gasteiger partial charge in [-0.15, -0.1) is 0 Å². The molecule has 106 valence electrons. The Hall–Kier alpha value is -1.52. The van der Waals surface area contributed by atoms with Crippen molar-refractivity contribution >= 4 is 27.3 Å². The topological polar surface area (TPSA) is 46.2 Å². The summed E-state index contributed by atoms with van der Waals surface area (Å²) < 4.78 is 27.6. The molecule has 0 aromatic heterocycles. The minimum absolute atomic E-state index is 0.200. The second-order valence-electron chi connectivity index (χ2n) is 4.83. The Bertz CT molecular complexity index is 754. The van der Waals surface area contributed by atoms with Crippen molar-refractivity contribution < 1.29 is 8.42 Å². The first-order valence-corrected chi connectivity index (χ1v) is 8.02. The molecule has 2 aromatic rings. The molecule has 0 atom stereocenters. The SMILES string of the molecule is Cc1ccc(C)c(NS(=O)(=O)c2cc(Cl)ccc2C)c1. The summed E-state index contributed by atoms with van der Waals surface area (Å²) in [7, 11) is -3.64. The normalized spacial score (nSPS) is 11.4. The maximum atomic E-state index is 12.5. The summed E-state index contributed by atoms with van der Waals surface area (Å²) in [6.45, 7) is 5.53. The van der Waals surface area contributed by atoms with Gasteiger partial charge in [0.2, 0.25) is 0 Å². The van der Waals surface area contributed by atoms with E-state index in [2.05, 4.69) is 4.72 Å². The van der Waals surface area contributed by atoms with Gasteiger partial charge in [-0.25, -0.2) is 8.42 Å². The summed E-state index contributed by atoms with van der Waals surface area (Å²) in [5.41, 5.74) is 3.12. The lowest BCUT2D eigenvalue weighted by atomic mass is 10.1. The highest BCUT2D eigenvalue weighted by Crippen LogP contribution is 2.24. The lowest BCUT2D eigenvalue weighted by molar-refractivity contribution is 0.600. The zero-order chi connectivity index (χ0) is 14.9. The van der Waals surface area contributed by atoms with Crippen LogP contribution < -0.4 is 4.72 Å². The molecule has 0 saturated heterocycles. The molecule has 1 N–H and O–H groups in total. The molecule has 0 aliphatic heterocycles. The summed E-state index contributed by atoms with van der Waals surface area (Å²) >= 11 is 5.89. The van der Waals surface area contributed by atoms with Crippen molar-refractivity contribution in [2.24, 2.45) is 0 Å². The second-order valence-corrected chi connectivity index (χ2v) is 6.92. The van der Waals surface area contributed by atoms with Crippen LogP contribution in [-0.4, -0.2) is 8.42 Å². The van der Waals surface area contributed by atoms with E-state index < -0.39 is 10.0 Å². The van der Waals surface area contributed by atoms with Gasteiger partial charge in [0.1, 0.15) is 0 Å². The Balaban J connectivity index is 2.46. The van der Waals surface area contributed by atoms with Gasteiger partial charge < -0.3 is 0 Å². The fraction of sp³-hybridized carbons (Fsp3) is 0.200. The predicted molar refractivity (Wildman–Crippen MR) is 82.9 cm³/mol. The van der Waals surface area contributed by atoms with Crippen molar-refractivity contribution in [2.45, 2.75) is 25.7 Å². The van der Waals surface area contributed by atoms with E-state index in [0.29, 0.717) is 16.3 Å². The average molecular weight is 310 g/mol. The molecule has 0 aliphatic rings. The lowest BCUT2D eigenvalue weighted by Crippen LogP contribution is -2.15. The number of hydrogen-bond acceptors (Lipinski definition) is 2. The van der Waals surface area contributed by atoms with Gasteiger partial charge in [0.15, 0.2) is 0 Å². The van der Waals surface area contributed by atoms with Crippen molar-refractivity contribution in [3.63, 3.8) is 0 Å². The van der Waals surface area contributed by atoms with Crippen LogP contribution in [0.4, 0.5) is 5.69 Å². The van der Waals surface area contributed by atoms with Gasteiger partial charge in [0.05, 0.1) is 10.6 Å². The quantitative estimate of drug-likeness (QED) is 0.929. The third-order valence-corrected chi connectivity index (χ3v) is 4.82. The number of nitrogens with one attached hydrogen (secondary N) is 1. The first kappa shape index (κ1) is 14.9. The number of anilines is 1. The smallest absolute Gasteiger partial charge is 0.262 e. The summed E-state index contributed by atoms with van der Waals surface area (Å²) in [5.74, 6) is 0. The minimum atomic E-state index is -3.64. The van der Waals surface area contributed by atoms with Gasteiger partial charge >= 0.3 is 0 Å². The van der Waals surface area contributed by atoms with Crippen LogP contribution in [0.2, 0.25) is 5.02 Å². The zero-order valence-corrected chi connectivity index (χ0v) is 13.1. The molecule has 2 rings (SSSR count). The Kier molecular flexibility index (Phi) is 4.06. The van der Waals surface area contributed by atoms with Crippen LogP contribution in [0, 0.1) is 20.8 Å². The fourth-order valence-corrected chi connectivity index (χ4v) is 3.54. The molecule has 0 saturated carbocycles. The van der Waals surface area contributed by atoms with Gasteiger partial charge in [0, 0.05) is 5.02 Å². The minimum Gasteiger partial charge on any atom is -0.279 e. The summed E-state index contributed by atoms with van der Waals surface area (Å²) in [5, 5.41) is 0.400. The summed E-state index contributed by atoms with van der Waals surface area (Å²) in [6.07, 6.45) is 0. The third kappa shape index (κ3) is 3.14. The molecule has 0 radical (unpaired) electrons. The first-order valence-electron chi connectivity index (χ1n) is 6.16. The first-order chi connectivity index (χ1) is 9.29. The van der Waals surface area contributed by atoms with Crippen molar-refractivity contribution in [3.8, 4) is 0 Å². The van der Waals surface area contributed by atoms with E-state index in [1.807, 2.05) is 32.0 Å². The van der Waals surface area contributed by atoms with E-state index >= 15 is 0 Å². The lowest BCUT2D eigenvalue weighted by Gasteiger charge is -2.13. The molecule has 0 aliphatic carbocycles. The van der Waals surface area contributed by atoms with Gasteiger partial charge in [0.25, 0.3) is 10.0 Å².